The summed E-state index contributed by atoms with van der Waals surface area (Å²) in [5, 5.41) is 6.12. The monoisotopic (exact) mass is 492 g/mol. The Hall–Kier alpha value is -3.19. The third kappa shape index (κ3) is 5.10. The standard InChI is InChI=1S/C28H32N2O4S/c1-27(2)13-14-28(3,4)24-17-21(11-12-23(24)27)25(29-30-35(6,32)33)20-9-7-19-16-22(26(31)34-5)10-8-18(19)15-20/h7-12,15-17,30H,13-14H2,1-6H3/b29-25+. The van der Waals surface area contributed by atoms with Gasteiger partial charge in [0.25, 0.3) is 0 Å². The fourth-order valence-corrected chi connectivity index (χ4v) is 5.06. The summed E-state index contributed by atoms with van der Waals surface area (Å²) in [4.78, 5) is 14.2. The lowest BCUT2D eigenvalue weighted by Gasteiger charge is -2.42. The lowest BCUT2D eigenvalue weighted by atomic mass is 9.63. The van der Waals surface area contributed by atoms with Gasteiger partial charge in [-0.05, 0) is 69.8 Å². The normalized spacial score (nSPS) is 17.0. The molecule has 35 heavy (non-hydrogen) atoms. The highest BCUT2D eigenvalue weighted by Gasteiger charge is 2.37. The second kappa shape index (κ2) is 8.79. The zero-order valence-corrected chi connectivity index (χ0v) is 21.9. The number of hydrazone groups is 1. The molecule has 0 saturated heterocycles. The van der Waals surface area contributed by atoms with Crippen LogP contribution in [0, 0.1) is 0 Å². The molecule has 7 heteroatoms. The molecule has 0 amide bonds. The van der Waals surface area contributed by atoms with E-state index < -0.39 is 16.0 Å². The molecule has 0 radical (unpaired) electrons. The van der Waals surface area contributed by atoms with Gasteiger partial charge >= 0.3 is 5.97 Å². The number of nitrogens with one attached hydrogen (secondary N) is 1. The van der Waals surface area contributed by atoms with E-state index in [0.29, 0.717) is 11.3 Å². The SMILES string of the molecule is COC(=O)c1ccc2cc(/C(=N\NS(C)(=O)=O)c3ccc4c(c3)C(C)(C)CCC4(C)C)ccc2c1. The molecule has 3 aromatic rings. The van der Waals surface area contributed by atoms with Crippen molar-refractivity contribution in [1.82, 2.24) is 4.83 Å². The molecule has 1 N–H and O–H groups in total. The number of hydrogen-bond acceptors (Lipinski definition) is 5. The molecule has 0 aromatic heterocycles. The molecule has 3 aromatic carbocycles. The molecular formula is C28H32N2O4S. The molecule has 0 saturated carbocycles. The molecular weight excluding hydrogens is 460 g/mol. The fraction of sp³-hybridized carbons (Fsp3) is 0.357. The van der Waals surface area contributed by atoms with E-state index in [0.717, 1.165) is 41.0 Å². The predicted octanol–water partition coefficient (Wildman–Crippen LogP) is 5.28. The van der Waals surface area contributed by atoms with E-state index in [1.807, 2.05) is 30.3 Å². The molecule has 0 unspecified atom stereocenters. The first-order valence-electron chi connectivity index (χ1n) is 11.6. The number of hydrogen-bond donors (Lipinski definition) is 1. The van der Waals surface area contributed by atoms with Gasteiger partial charge in [0.1, 0.15) is 0 Å². The minimum Gasteiger partial charge on any atom is -0.465 e. The molecule has 184 valence electrons. The van der Waals surface area contributed by atoms with Crippen LogP contribution >= 0.6 is 0 Å². The summed E-state index contributed by atoms with van der Waals surface area (Å²) >= 11 is 0. The van der Waals surface area contributed by atoms with E-state index in [2.05, 4.69) is 49.8 Å². The highest BCUT2D eigenvalue weighted by Crippen LogP contribution is 2.46. The fourth-order valence-electron chi connectivity index (χ4n) is 4.80. The number of rotatable bonds is 5. The summed E-state index contributed by atoms with van der Waals surface area (Å²) in [6.07, 6.45) is 3.27. The van der Waals surface area contributed by atoms with Gasteiger partial charge in [-0.3, -0.25) is 0 Å². The van der Waals surface area contributed by atoms with Gasteiger partial charge in [-0.1, -0.05) is 58.0 Å². The number of fused-ring (bicyclic) bond motifs is 2. The van der Waals surface area contributed by atoms with E-state index in [-0.39, 0.29) is 10.8 Å². The highest BCUT2D eigenvalue weighted by atomic mass is 32.2. The van der Waals surface area contributed by atoms with Crippen LogP contribution in [-0.4, -0.2) is 33.5 Å². The van der Waals surface area contributed by atoms with Gasteiger partial charge in [-0.25, -0.2) is 18.0 Å². The first-order chi connectivity index (χ1) is 16.3. The summed E-state index contributed by atoms with van der Waals surface area (Å²) in [7, 11) is -2.19. The maximum absolute atomic E-state index is 11.9. The second-order valence-corrected chi connectivity index (χ2v) is 12.3. The number of esters is 1. The van der Waals surface area contributed by atoms with Crippen molar-refractivity contribution < 1.29 is 17.9 Å². The minimum absolute atomic E-state index is 0.00388. The summed E-state index contributed by atoms with van der Waals surface area (Å²) in [6.45, 7) is 9.05. The quantitative estimate of drug-likeness (QED) is 0.298. The molecule has 1 aliphatic rings. The van der Waals surface area contributed by atoms with Crippen molar-refractivity contribution in [3.05, 3.63) is 82.4 Å². The van der Waals surface area contributed by atoms with Crippen molar-refractivity contribution in [1.29, 1.82) is 0 Å². The van der Waals surface area contributed by atoms with Gasteiger partial charge < -0.3 is 4.74 Å². The first-order valence-corrected chi connectivity index (χ1v) is 13.5. The van der Waals surface area contributed by atoms with Crippen molar-refractivity contribution in [3.8, 4) is 0 Å². The van der Waals surface area contributed by atoms with Gasteiger partial charge in [-0.15, -0.1) is 0 Å². The number of carbonyl (C=O) groups is 1. The highest BCUT2D eigenvalue weighted by molar-refractivity contribution is 7.88. The molecule has 6 nitrogen and oxygen atoms in total. The van der Waals surface area contributed by atoms with Crippen LogP contribution < -0.4 is 4.83 Å². The Morgan fingerprint density at radius 1 is 0.829 bits per heavy atom. The number of nitrogens with zero attached hydrogens (tertiary/aromatic N) is 1. The summed E-state index contributed by atoms with van der Waals surface area (Å²) < 4.78 is 28.6. The Morgan fingerprint density at radius 2 is 1.34 bits per heavy atom. The zero-order chi connectivity index (χ0) is 25.6. The van der Waals surface area contributed by atoms with Gasteiger partial charge in [0, 0.05) is 11.1 Å². The molecule has 4 rings (SSSR count). The molecule has 0 atom stereocenters. The number of carbonyl (C=O) groups excluding carboxylic acids is 1. The largest absolute Gasteiger partial charge is 0.465 e. The zero-order valence-electron chi connectivity index (χ0n) is 21.1. The smallest absolute Gasteiger partial charge is 0.337 e. The van der Waals surface area contributed by atoms with Crippen LogP contribution in [-0.2, 0) is 25.6 Å². The van der Waals surface area contributed by atoms with Crippen molar-refractivity contribution in [2.45, 2.75) is 51.4 Å². The molecule has 0 aliphatic heterocycles. The topological polar surface area (TPSA) is 84.8 Å². The maximum atomic E-state index is 11.9. The average Bonchev–Trinajstić information content (AvgIpc) is 2.80. The van der Waals surface area contributed by atoms with Crippen LogP contribution in [0.15, 0.2) is 59.7 Å². The lowest BCUT2D eigenvalue weighted by molar-refractivity contribution is 0.0601. The molecule has 1 aliphatic carbocycles. The van der Waals surface area contributed by atoms with Crippen molar-refractivity contribution in [2.75, 3.05) is 13.4 Å². The average molecular weight is 493 g/mol. The Kier molecular flexibility index (Phi) is 6.26. The van der Waals surface area contributed by atoms with Crippen LogP contribution in [0.3, 0.4) is 0 Å². The van der Waals surface area contributed by atoms with Gasteiger partial charge in [0.05, 0.1) is 24.6 Å². The number of sulfonamides is 1. The van der Waals surface area contributed by atoms with Crippen molar-refractivity contribution in [2.24, 2.45) is 5.10 Å². The van der Waals surface area contributed by atoms with Crippen LogP contribution in [0.1, 0.15) is 73.1 Å². The molecule has 0 spiro atoms. The predicted molar refractivity (Wildman–Crippen MR) is 141 cm³/mol. The van der Waals surface area contributed by atoms with E-state index >= 15 is 0 Å². The van der Waals surface area contributed by atoms with E-state index in [4.69, 9.17) is 4.74 Å². The Balaban J connectivity index is 1.86. The number of ether oxygens (including phenoxy) is 1. The third-order valence-electron chi connectivity index (χ3n) is 6.98. The van der Waals surface area contributed by atoms with Crippen LogP contribution in [0.5, 0.6) is 0 Å². The number of methoxy groups -OCH3 is 1. The van der Waals surface area contributed by atoms with Gasteiger partial charge in [0.2, 0.25) is 10.0 Å². The first kappa shape index (κ1) is 24.9. The van der Waals surface area contributed by atoms with Gasteiger partial charge in [-0.2, -0.15) is 5.10 Å². The maximum Gasteiger partial charge on any atom is 0.337 e. The minimum atomic E-state index is -3.54. The summed E-state index contributed by atoms with van der Waals surface area (Å²) in [5.74, 6) is -0.393. The van der Waals surface area contributed by atoms with Crippen LogP contribution in [0.2, 0.25) is 0 Å². The lowest BCUT2D eigenvalue weighted by Crippen LogP contribution is -2.34. The summed E-state index contributed by atoms with van der Waals surface area (Å²) in [5.41, 5.74) is 5.29. The Morgan fingerprint density at radius 3 is 1.94 bits per heavy atom. The van der Waals surface area contributed by atoms with Crippen molar-refractivity contribution in [3.63, 3.8) is 0 Å². The van der Waals surface area contributed by atoms with Gasteiger partial charge in [0.15, 0.2) is 0 Å². The molecule has 0 heterocycles. The number of benzene rings is 3. The third-order valence-corrected chi connectivity index (χ3v) is 7.41. The van der Waals surface area contributed by atoms with E-state index in [1.54, 1.807) is 12.1 Å². The van der Waals surface area contributed by atoms with Crippen LogP contribution in [0.4, 0.5) is 0 Å². The van der Waals surface area contributed by atoms with Crippen LogP contribution in [0.25, 0.3) is 10.8 Å². The Labute approximate surface area is 207 Å². The second-order valence-electron chi connectivity index (χ2n) is 10.6. The van der Waals surface area contributed by atoms with E-state index in [1.165, 1.54) is 18.2 Å². The Bertz CT molecular complexity index is 1450. The van der Waals surface area contributed by atoms with Crippen molar-refractivity contribution >= 4 is 32.5 Å². The summed E-state index contributed by atoms with van der Waals surface area (Å²) in [6, 6.07) is 17.4. The van der Waals surface area contributed by atoms with E-state index in [9.17, 15) is 13.2 Å². The molecule has 0 bridgehead atoms. The molecule has 0 fully saturated rings.